The standard InChI is InChI=1S/C15H20N6O/c1-15(3-6-16-7-4-15)9-19-14(22)12-2-5-18-13(8-12)21-11-17-10-20-21/h2,5,8,10-11,16H,3-4,6-7,9H2,1H3,(H,19,22). The summed E-state index contributed by atoms with van der Waals surface area (Å²) in [7, 11) is 0. The third kappa shape index (κ3) is 3.30. The third-order valence-electron chi connectivity index (χ3n) is 4.15. The number of amides is 1. The van der Waals surface area contributed by atoms with Crippen LogP contribution in [0.5, 0.6) is 0 Å². The second-order valence-electron chi connectivity index (χ2n) is 5.99. The molecule has 22 heavy (non-hydrogen) atoms. The van der Waals surface area contributed by atoms with Crippen molar-refractivity contribution in [2.24, 2.45) is 5.41 Å². The van der Waals surface area contributed by atoms with Gasteiger partial charge in [-0.05, 0) is 43.5 Å². The normalized spacial score (nSPS) is 17.1. The van der Waals surface area contributed by atoms with Gasteiger partial charge in [0.15, 0.2) is 5.82 Å². The molecular weight excluding hydrogens is 280 g/mol. The van der Waals surface area contributed by atoms with E-state index in [-0.39, 0.29) is 11.3 Å². The van der Waals surface area contributed by atoms with Gasteiger partial charge in [-0.1, -0.05) is 6.92 Å². The number of carbonyl (C=O) groups excluding carboxylic acids is 1. The molecule has 0 saturated carbocycles. The van der Waals surface area contributed by atoms with Crippen molar-refractivity contribution >= 4 is 5.91 Å². The molecule has 7 heteroatoms. The number of hydrogen-bond donors (Lipinski definition) is 2. The fourth-order valence-electron chi connectivity index (χ4n) is 2.61. The molecule has 3 heterocycles. The van der Waals surface area contributed by atoms with E-state index in [9.17, 15) is 4.79 Å². The molecule has 1 fully saturated rings. The average Bonchev–Trinajstić information content (AvgIpc) is 3.08. The van der Waals surface area contributed by atoms with Crippen molar-refractivity contribution in [3.63, 3.8) is 0 Å². The van der Waals surface area contributed by atoms with Crippen molar-refractivity contribution in [3.8, 4) is 5.82 Å². The second-order valence-corrected chi connectivity index (χ2v) is 5.99. The first-order chi connectivity index (χ1) is 10.7. The summed E-state index contributed by atoms with van der Waals surface area (Å²) in [4.78, 5) is 20.4. The molecule has 0 radical (unpaired) electrons. The SMILES string of the molecule is CC1(CNC(=O)c2ccnc(-n3cncn3)c2)CCNCC1. The minimum atomic E-state index is -0.0801. The van der Waals surface area contributed by atoms with Crippen molar-refractivity contribution in [1.29, 1.82) is 0 Å². The van der Waals surface area contributed by atoms with Gasteiger partial charge in [-0.3, -0.25) is 4.79 Å². The minimum absolute atomic E-state index is 0.0801. The molecule has 0 atom stereocenters. The first-order valence-corrected chi connectivity index (χ1v) is 7.46. The smallest absolute Gasteiger partial charge is 0.251 e. The molecule has 3 rings (SSSR count). The van der Waals surface area contributed by atoms with Crippen molar-refractivity contribution in [2.75, 3.05) is 19.6 Å². The topological polar surface area (TPSA) is 84.7 Å². The lowest BCUT2D eigenvalue weighted by Gasteiger charge is -2.34. The van der Waals surface area contributed by atoms with Crippen LogP contribution < -0.4 is 10.6 Å². The third-order valence-corrected chi connectivity index (χ3v) is 4.15. The molecule has 0 bridgehead atoms. The molecule has 0 aromatic carbocycles. The minimum Gasteiger partial charge on any atom is -0.351 e. The summed E-state index contributed by atoms with van der Waals surface area (Å²) < 4.78 is 1.53. The number of piperidine rings is 1. The fraction of sp³-hybridized carbons (Fsp3) is 0.467. The van der Waals surface area contributed by atoms with Gasteiger partial charge in [-0.2, -0.15) is 5.10 Å². The molecule has 1 amide bonds. The van der Waals surface area contributed by atoms with Gasteiger partial charge in [-0.15, -0.1) is 0 Å². The van der Waals surface area contributed by atoms with Gasteiger partial charge in [0, 0.05) is 18.3 Å². The Labute approximate surface area is 129 Å². The van der Waals surface area contributed by atoms with Crippen LogP contribution in [-0.4, -0.2) is 45.3 Å². The first-order valence-electron chi connectivity index (χ1n) is 7.46. The van der Waals surface area contributed by atoms with Crippen LogP contribution in [-0.2, 0) is 0 Å². The Morgan fingerprint density at radius 1 is 1.45 bits per heavy atom. The predicted octanol–water partition coefficient (Wildman–Crippen LogP) is 0.782. The molecular formula is C15H20N6O. The maximum Gasteiger partial charge on any atom is 0.251 e. The van der Waals surface area contributed by atoms with E-state index in [1.54, 1.807) is 24.7 Å². The summed E-state index contributed by atoms with van der Waals surface area (Å²) >= 11 is 0. The van der Waals surface area contributed by atoms with Gasteiger partial charge >= 0.3 is 0 Å². The van der Waals surface area contributed by atoms with Crippen molar-refractivity contribution in [1.82, 2.24) is 30.4 Å². The first kappa shape index (κ1) is 14.6. The molecule has 2 N–H and O–H groups in total. The number of carbonyl (C=O) groups is 1. The van der Waals surface area contributed by atoms with E-state index in [1.165, 1.54) is 11.0 Å². The van der Waals surface area contributed by atoms with E-state index in [4.69, 9.17) is 0 Å². The van der Waals surface area contributed by atoms with Gasteiger partial charge in [-0.25, -0.2) is 14.6 Å². The van der Waals surface area contributed by atoms with Gasteiger partial charge < -0.3 is 10.6 Å². The highest BCUT2D eigenvalue weighted by Crippen LogP contribution is 2.26. The molecule has 0 unspecified atom stereocenters. The van der Waals surface area contributed by atoms with Crippen LogP contribution in [0, 0.1) is 5.41 Å². The number of nitrogens with zero attached hydrogens (tertiary/aromatic N) is 4. The Morgan fingerprint density at radius 3 is 3.00 bits per heavy atom. The Bertz CT molecular complexity index is 633. The monoisotopic (exact) mass is 300 g/mol. The van der Waals surface area contributed by atoms with Gasteiger partial charge in [0.1, 0.15) is 12.7 Å². The Morgan fingerprint density at radius 2 is 2.27 bits per heavy atom. The van der Waals surface area contributed by atoms with E-state index in [2.05, 4.69) is 32.6 Å². The molecule has 0 aliphatic carbocycles. The molecule has 1 aliphatic heterocycles. The molecule has 7 nitrogen and oxygen atoms in total. The fourth-order valence-corrected chi connectivity index (χ4v) is 2.61. The highest BCUT2D eigenvalue weighted by Gasteiger charge is 2.27. The molecule has 1 saturated heterocycles. The highest BCUT2D eigenvalue weighted by atomic mass is 16.1. The van der Waals surface area contributed by atoms with Gasteiger partial charge in [0.05, 0.1) is 0 Å². The lowest BCUT2D eigenvalue weighted by Crippen LogP contribution is -2.42. The summed E-state index contributed by atoms with van der Waals surface area (Å²) in [6.07, 6.45) is 6.76. The molecule has 2 aromatic rings. The highest BCUT2D eigenvalue weighted by molar-refractivity contribution is 5.94. The molecule has 116 valence electrons. The summed E-state index contributed by atoms with van der Waals surface area (Å²) in [5.41, 5.74) is 0.751. The summed E-state index contributed by atoms with van der Waals surface area (Å²) in [6.45, 7) is 4.94. The Balaban J connectivity index is 1.66. The van der Waals surface area contributed by atoms with E-state index >= 15 is 0 Å². The maximum atomic E-state index is 12.4. The summed E-state index contributed by atoms with van der Waals surface area (Å²) in [6, 6.07) is 3.43. The zero-order valence-corrected chi connectivity index (χ0v) is 12.6. The van der Waals surface area contributed by atoms with Gasteiger partial charge in [0.25, 0.3) is 5.91 Å². The van der Waals surface area contributed by atoms with Crippen LogP contribution in [0.15, 0.2) is 31.0 Å². The van der Waals surface area contributed by atoms with E-state index in [0.29, 0.717) is 17.9 Å². The average molecular weight is 300 g/mol. The van der Waals surface area contributed by atoms with Crippen molar-refractivity contribution in [2.45, 2.75) is 19.8 Å². The van der Waals surface area contributed by atoms with Crippen molar-refractivity contribution < 1.29 is 4.79 Å². The quantitative estimate of drug-likeness (QED) is 0.871. The van der Waals surface area contributed by atoms with E-state index < -0.39 is 0 Å². The molecule has 2 aromatic heterocycles. The van der Waals surface area contributed by atoms with Crippen LogP contribution in [0.2, 0.25) is 0 Å². The zero-order valence-electron chi connectivity index (χ0n) is 12.6. The lowest BCUT2D eigenvalue weighted by atomic mass is 9.81. The predicted molar refractivity (Wildman–Crippen MR) is 81.7 cm³/mol. The van der Waals surface area contributed by atoms with Crippen molar-refractivity contribution in [3.05, 3.63) is 36.5 Å². The van der Waals surface area contributed by atoms with E-state index in [1.807, 2.05) is 0 Å². The van der Waals surface area contributed by atoms with Crippen LogP contribution >= 0.6 is 0 Å². The zero-order chi connectivity index (χ0) is 15.4. The molecule has 1 aliphatic rings. The largest absolute Gasteiger partial charge is 0.351 e. The number of aromatic nitrogens is 4. The van der Waals surface area contributed by atoms with Crippen LogP contribution in [0.4, 0.5) is 0 Å². The summed E-state index contributed by atoms with van der Waals surface area (Å²) in [5.74, 6) is 0.502. The number of hydrogen-bond acceptors (Lipinski definition) is 5. The van der Waals surface area contributed by atoms with E-state index in [0.717, 1.165) is 25.9 Å². The Kier molecular flexibility index (Phi) is 4.15. The van der Waals surface area contributed by atoms with Crippen LogP contribution in [0.1, 0.15) is 30.1 Å². The number of pyridine rings is 1. The number of nitrogens with one attached hydrogen (secondary N) is 2. The maximum absolute atomic E-state index is 12.4. The lowest BCUT2D eigenvalue weighted by molar-refractivity contribution is 0.0922. The Hall–Kier alpha value is -2.28. The van der Waals surface area contributed by atoms with Crippen LogP contribution in [0.3, 0.4) is 0 Å². The molecule has 0 spiro atoms. The van der Waals surface area contributed by atoms with Gasteiger partial charge in [0.2, 0.25) is 0 Å². The summed E-state index contributed by atoms with van der Waals surface area (Å²) in [5, 5.41) is 10.4. The second kappa shape index (κ2) is 6.23. The van der Waals surface area contributed by atoms with Crippen LogP contribution in [0.25, 0.3) is 5.82 Å². The number of rotatable bonds is 4.